The smallest absolute Gasteiger partial charge is 0.406 e. The molecule has 1 aliphatic rings. The maximum atomic E-state index is 12.4. The molecule has 0 heterocycles. The molecule has 19 heavy (non-hydrogen) atoms. The van der Waals surface area contributed by atoms with Gasteiger partial charge in [0.2, 0.25) is 5.91 Å². The van der Waals surface area contributed by atoms with E-state index >= 15 is 0 Å². The second-order valence-corrected chi connectivity index (χ2v) is 6.08. The third-order valence-electron chi connectivity index (χ3n) is 4.28. The van der Waals surface area contributed by atoms with Crippen molar-refractivity contribution in [2.45, 2.75) is 33.9 Å². The number of carboxylic acid groups (broad SMARTS) is 1. The summed E-state index contributed by atoms with van der Waals surface area (Å²) in [6.07, 6.45) is -4.60. The second kappa shape index (κ2) is 4.38. The van der Waals surface area contributed by atoms with E-state index in [1.165, 1.54) is 0 Å². The number of carbonyl (C=O) groups excluding carboxylic acids is 1. The van der Waals surface area contributed by atoms with Gasteiger partial charge in [-0.1, -0.05) is 27.7 Å². The van der Waals surface area contributed by atoms with E-state index in [2.05, 4.69) is 0 Å². The van der Waals surface area contributed by atoms with Crippen LogP contribution in [-0.4, -0.2) is 41.1 Å². The fourth-order valence-electron chi connectivity index (χ4n) is 2.59. The number of nitrogens with zero attached hydrogens (tertiary/aromatic N) is 1. The predicted molar refractivity (Wildman–Crippen MR) is 61.3 cm³/mol. The van der Waals surface area contributed by atoms with E-state index in [0.717, 1.165) is 0 Å². The number of carboxylic acids is 1. The van der Waals surface area contributed by atoms with Gasteiger partial charge in [0.05, 0.1) is 0 Å². The lowest BCUT2D eigenvalue weighted by Gasteiger charge is -2.23. The van der Waals surface area contributed by atoms with Crippen LogP contribution in [0.2, 0.25) is 0 Å². The first kappa shape index (κ1) is 15.8. The van der Waals surface area contributed by atoms with Crippen LogP contribution in [0.3, 0.4) is 0 Å². The molecular weight excluding hydrogens is 263 g/mol. The molecule has 0 aromatic rings. The van der Waals surface area contributed by atoms with Gasteiger partial charge in [0, 0.05) is 5.92 Å². The molecule has 7 heteroatoms. The summed E-state index contributed by atoms with van der Waals surface area (Å²) < 4.78 is 37.2. The van der Waals surface area contributed by atoms with E-state index in [9.17, 15) is 22.8 Å². The van der Waals surface area contributed by atoms with E-state index in [1.807, 2.05) is 0 Å². The number of amides is 1. The number of hydrogen-bond acceptors (Lipinski definition) is 2. The highest BCUT2D eigenvalue weighted by molar-refractivity contribution is 5.87. The third-order valence-corrected chi connectivity index (χ3v) is 4.28. The van der Waals surface area contributed by atoms with Crippen molar-refractivity contribution in [2.24, 2.45) is 16.7 Å². The van der Waals surface area contributed by atoms with Crippen molar-refractivity contribution in [3.8, 4) is 0 Å². The maximum absolute atomic E-state index is 12.4. The zero-order valence-electron chi connectivity index (χ0n) is 11.3. The molecule has 110 valence electrons. The van der Waals surface area contributed by atoms with Crippen molar-refractivity contribution in [3.05, 3.63) is 0 Å². The summed E-state index contributed by atoms with van der Waals surface area (Å²) in [5, 5.41) is 8.63. The molecule has 0 aliphatic heterocycles. The highest BCUT2D eigenvalue weighted by Gasteiger charge is 2.69. The zero-order chi connectivity index (χ0) is 15.2. The van der Waals surface area contributed by atoms with Crippen molar-refractivity contribution in [1.82, 2.24) is 4.90 Å². The number of rotatable bonds is 4. The van der Waals surface area contributed by atoms with E-state index in [-0.39, 0.29) is 0 Å². The Balaban J connectivity index is 2.88. The van der Waals surface area contributed by atoms with Crippen molar-refractivity contribution < 1.29 is 27.9 Å². The Labute approximate surface area is 109 Å². The molecule has 1 saturated carbocycles. The molecule has 1 aliphatic carbocycles. The number of alkyl halides is 3. The molecular formula is C12H18F3NO3. The molecule has 1 fully saturated rings. The van der Waals surface area contributed by atoms with E-state index in [0.29, 0.717) is 4.90 Å². The first-order chi connectivity index (χ1) is 8.30. The average molecular weight is 281 g/mol. The van der Waals surface area contributed by atoms with Gasteiger partial charge >= 0.3 is 12.1 Å². The van der Waals surface area contributed by atoms with Crippen LogP contribution >= 0.6 is 0 Å². The largest absolute Gasteiger partial charge is 0.480 e. The van der Waals surface area contributed by atoms with Crippen LogP contribution in [0, 0.1) is 16.7 Å². The molecule has 1 N–H and O–H groups in total. The monoisotopic (exact) mass is 281 g/mol. The highest BCUT2D eigenvalue weighted by Crippen LogP contribution is 2.68. The fourth-order valence-corrected chi connectivity index (χ4v) is 2.59. The van der Waals surface area contributed by atoms with Crippen molar-refractivity contribution in [2.75, 3.05) is 13.1 Å². The SMILES string of the molecule is CC1(C)C(C(=O)N(CC(=O)O)CC(F)(F)F)C1(C)C. The molecule has 1 amide bonds. The maximum Gasteiger partial charge on any atom is 0.406 e. The number of halogens is 3. The average Bonchev–Trinajstić information content (AvgIpc) is 2.52. The van der Waals surface area contributed by atoms with Crippen molar-refractivity contribution in [1.29, 1.82) is 0 Å². The van der Waals surface area contributed by atoms with Crippen LogP contribution in [0.4, 0.5) is 13.2 Å². The molecule has 0 aromatic heterocycles. The van der Waals surface area contributed by atoms with Gasteiger partial charge < -0.3 is 10.0 Å². The van der Waals surface area contributed by atoms with Gasteiger partial charge in [-0.3, -0.25) is 9.59 Å². The van der Waals surface area contributed by atoms with E-state index in [4.69, 9.17) is 5.11 Å². The Kier molecular flexibility index (Phi) is 3.64. The number of aliphatic carboxylic acids is 1. The lowest BCUT2D eigenvalue weighted by molar-refractivity contribution is -0.167. The molecule has 4 nitrogen and oxygen atoms in total. The standard InChI is InChI=1S/C12H18F3NO3/c1-10(2)8(11(10,3)4)9(19)16(5-7(17)18)6-12(13,14)15/h8H,5-6H2,1-4H3,(H,17,18). The van der Waals surface area contributed by atoms with Crippen molar-refractivity contribution in [3.63, 3.8) is 0 Å². The quantitative estimate of drug-likeness (QED) is 0.859. The predicted octanol–water partition coefficient (Wildman–Crippen LogP) is 2.14. The van der Waals surface area contributed by atoms with Gasteiger partial charge in [0.25, 0.3) is 0 Å². The first-order valence-electron chi connectivity index (χ1n) is 5.88. The molecule has 0 saturated heterocycles. The molecule has 0 radical (unpaired) electrons. The van der Waals surface area contributed by atoms with Crippen LogP contribution in [0.25, 0.3) is 0 Å². The number of carbonyl (C=O) groups is 2. The minimum absolute atomic E-state index is 0.378. The zero-order valence-corrected chi connectivity index (χ0v) is 11.3. The van der Waals surface area contributed by atoms with Crippen LogP contribution < -0.4 is 0 Å². The summed E-state index contributed by atoms with van der Waals surface area (Å²) in [6, 6.07) is 0. The summed E-state index contributed by atoms with van der Waals surface area (Å²) in [7, 11) is 0. The van der Waals surface area contributed by atoms with Crippen molar-refractivity contribution >= 4 is 11.9 Å². The molecule has 0 spiro atoms. The van der Waals surface area contributed by atoms with Crippen LogP contribution in [0.1, 0.15) is 27.7 Å². The minimum atomic E-state index is -4.60. The molecule has 0 atom stereocenters. The topological polar surface area (TPSA) is 57.6 Å². The van der Waals surface area contributed by atoms with Gasteiger partial charge in [-0.15, -0.1) is 0 Å². The summed E-state index contributed by atoms with van der Waals surface area (Å²) >= 11 is 0. The Morgan fingerprint density at radius 2 is 1.58 bits per heavy atom. The van der Waals surface area contributed by atoms with E-state index in [1.54, 1.807) is 27.7 Å². The summed E-state index contributed by atoms with van der Waals surface area (Å²) in [4.78, 5) is 23.1. The van der Waals surface area contributed by atoms with Gasteiger partial charge in [-0.25, -0.2) is 0 Å². The van der Waals surface area contributed by atoms with Crippen LogP contribution in [0.5, 0.6) is 0 Å². The Morgan fingerprint density at radius 1 is 1.16 bits per heavy atom. The van der Waals surface area contributed by atoms with Gasteiger partial charge in [-0.2, -0.15) is 13.2 Å². The van der Waals surface area contributed by atoms with Gasteiger partial charge in [-0.05, 0) is 10.8 Å². The summed E-state index contributed by atoms with van der Waals surface area (Å²) in [5.41, 5.74) is -0.848. The highest BCUT2D eigenvalue weighted by atomic mass is 19.4. The molecule has 1 rings (SSSR count). The minimum Gasteiger partial charge on any atom is -0.480 e. The Morgan fingerprint density at radius 3 is 1.84 bits per heavy atom. The normalized spacial score (nSPS) is 21.0. The summed E-state index contributed by atoms with van der Waals surface area (Å²) in [6.45, 7) is 4.72. The fraction of sp³-hybridized carbons (Fsp3) is 0.833. The Hall–Kier alpha value is -1.27. The summed E-state index contributed by atoms with van der Waals surface area (Å²) in [5.74, 6) is -2.77. The Bertz CT molecular complexity index is 388. The second-order valence-electron chi connectivity index (χ2n) is 6.08. The van der Waals surface area contributed by atoms with E-state index < -0.39 is 47.9 Å². The lowest BCUT2D eigenvalue weighted by Crippen LogP contribution is -2.43. The van der Waals surface area contributed by atoms with Gasteiger partial charge in [0.1, 0.15) is 13.1 Å². The third kappa shape index (κ3) is 3.01. The van der Waals surface area contributed by atoms with Gasteiger partial charge in [0.15, 0.2) is 0 Å². The number of hydrogen-bond donors (Lipinski definition) is 1. The molecule has 0 unspecified atom stereocenters. The molecule has 0 bridgehead atoms. The lowest BCUT2D eigenvalue weighted by atomic mass is 10.0. The van der Waals surface area contributed by atoms with Crippen LogP contribution in [-0.2, 0) is 9.59 Å². The molecule has 0 aromatic carbocycles. The first-order valence-corrected chi connectivity index (χ1v) is 5.88. The van der Waals surface area contributed by atoms with Crippen LogP contribution in [0.15, 0.2) is 0 Å².